The number of aryl methyl sites for hydroxylation is 1. The maximum atomic E-state index is 13.7. The van der Waals surface area contributed by atoms with Crippen LogP contribution in [0.1, 0.15) is 43.4 Å². The molecule has 26 heavy (non-hydrogen) atoms. The third kappa shape index (κ3) is 5.39. The molecule has 0 spiro atoms. The number of hydrogen-bond donors (Lipinski definition) is 2. The number of nitrogens with zero attached hydrogens (tertiary/aromatic N) is 4. The monoisotopic (exact) mass is 472 g/mol. The van der Waals surface area contributed by atoms with Gasteiger partial charge in [0.2, 0.25) is 0 Å². The molecule has 0 atom stereocenters. The number of rotatable bonds is 5. The van der Waals surface area contributed by atoms with Crippen LogP contribution in [0.25, 0.3) is 0 Å². The van der Waals surface area contributed by atoms with Crippen LogP contribution in [0, 0.1) is 5.82 Å². The molecule has 0 unspecified atom stereocenters. The third-order valence-corrected chi connectivity index (χ3v) is 4.31. The van der Waals surface area contributed by atoms with Gasteiger partial charge < -0.3 is 15.2 Å². The lowest BCUT2D eigenvalue weighted by molar-refractivity contribution is 0.596. The van der Waals surface area contributed by atoms with Crippen LogP contribution in [0.5, 0.6) is 0 Å². The quantitative estimate of drug-likeness (QED) is 0.399. The maximum Gasteiger partial charge on any atom is 0.191 e. The first-order valence-electron chi connectivity index (χ1n) is 8.94. The van der Waals surface area contributed by atoms with Gasteiger partial charge in [-0.3, -0.25) is 0 Å². The van der Waals surface area contributed by atoms with Gasteiger partial charge in [-0.05, 0) is 25.8 Å². The molecule has 142 valence electrons. The zero-order chi connectivity index (χ0) is 17.5. The number of fused-ring (bicyclic) bond motifs is 1. The van der Waals surface area contributed by atoms with Crippen LogP contribution in [0.2, 0.25) is 0 Å². The number of guanidine groups is 1. The van der Waals surface area contributed by atoms with Crippen LogP contribution in [-0.2, 0) is 26.1 Å². The van der Waals surface area contributed by atoms with Crippen molar-refractivity contribution in [2.24, 2.45) is 4.99 Å². The zero-order valence-corrected chi connectivity index (χ0v) is 17.4. The Morgan fingerprint density at radius 2 is 2.04 bits per heavy atom. The van der Waals surface area contributed by atoms with Crippen molar-refractivity contribution in [2.45, 2.75) is 52.2 Å². The normalized spacial score (nSPS) is 14.2. The Labute approximate surface area is 170 Å². The molecule has 2 heterocycles. The van der Waals surface area contributed by atoms with Crippen molar-refractivity contribution in [2.75, 3.05) is 6.54 Å². The number of aliphatic imine (C=N–C) groups is 1. The van der Waals surface area contributed by atoms with Crippen molar-refractivity contribution in [1.29, 1.82) is 0 Å². The SMILES string of the molecule is CCNC(=NCc1ccccc1F)NCc1nnc2n1CCCCC2.I. The molecule has 0 fully saturated rings. The molecule has 6 nitrogen and oxygen atoms in total. The zero-order valence-electron chi connectivity index (χ0n) is 15.0. The average Bonchev–Trinajstić information content (AvgIpc) is 2.85. The van der Waals surface area contributed by atoms with Gasteiger partial charge in [-0.25, -0.2) is 9.38 Å². The molecular formula is C18H26FIN6. The van der Waals surface area contributed by atoms with E-state index in [2.05, 4.69) is 30.4 Å². The summed E-state index contributed by atoms with van der Waals surface area (Å²) in [5.74, 6) is 2.41. The van der Waals surface area contributed by atoms with Crippen molar-refractivity contribution in [3.05, 3.63) is 47.3 Å². The van der Waals surface area contributed by atoms with Gasteiger partial charge in [0.1, 0.15) is 11.6 Å². The number of halogens is 2. The highest BCUT2D eigenvalue weighted by Crippen LogP contribution is 2.14. The number of nitrogens with one attached hydrogen (secondary N) is 2. The largest absolute Gasteiger partial charge is 0.357 e. The Kier molecular flexibility index (Phi) is 8.27. The van der Waals surface area contributed by atoms with Gasteiger partial charge in [-0.1, -0.05) is 24.6 Å². The molecule has 0 aliphatic carbocycles. The summed E-state index contributed by atoms with van der Waals surface area (Å²) in [7, 11) is 0. The fourth-order valence-electron chi connectivity index (χ4n) is 2.97. The lowest BCUT2D eigenvalue weighted by Gasteiger charge is -2.12. The Balaban J connectivity index is 0.00000243. The second-order valence-corrected chi connectivity index (χ2v) is 6.13. The van der Waals surface area contributed by atoms with E-state index in [1.807, 2.05) is 13.0 Å². The molecule has 1 aliphatic heterocycles. The molecule has 2 aromatic rings. The fourth-order valence-corrected chi connectivity index (χ4v) is 2.97. The molecule has 0 amide bonds. The van der Waals surface area contributed by atoms with E-state index in [4.69, 9.17) is 0 Å². The van der Waals surface area contributed by atoms with Crippen LogP contribution >= 0.6 is 24.0 Å². The third-order valence-electron chi connectivity index (χ3n) is 4.31. The second kappa shape index (κ2) is 10.4. The predicted molar refractivity (Wildman–Crippen MR) is 111 cm³/mol. The lowest BCUT2D eigenvalue weighted by Crippen LogP contribution is -2.37. The van der Waals surface area contributed by atoms with Crippen molar-refractivity contribution in [3.8, 4) is 0 Å². The van der Waals surface area contributed by atoms with E-state index in [0.29, 0.717) is 24.6 Å². The minimum absolute atomic E-state index is 0. The first-order valence-corrected chi connectivity index (χ1v) is 8.94. The van der Waals surface area contributed by atoms with E-state index in [1.54, 1.807) is 12.1 Å². The average molecular weight is 472 g/mol. The molecule has 0 saturated carbocycles. The van der Waals surface area contributed by atoms with Gasteiger partial charge in [0.15, 0.2) is 11.8 Å². The molecular weight excluding hydrogens is 446 g/mol. The Hall–Kier alpha value is -1.71. The maximum absolute atomic E-state index is 13.7. The fraction of sp³-hybridized carbons (Fsp3) is 0.500. The summed E-state index contributed by atoms with van der Waals surface area (Å²) in [5.41, 5.74) is 0.580. The molecule has 2 N–H and O–H groups in total. The predicted octanol–water partition coefficient (Wildman–Crippen LogP) is 3.02. The van der Waals surface area contributed by atoms with Gasteiger partial charge in [-0.15, -0.1) is 34.2 Å². The smallest absolute Gasteiger partial charge is 0.191 e. The Morgan fingerprint density at radius 3 is 2.85 bits per heavy atom. The van der Waals surface area contributed by atoms with Gasteiger partial charge in [0.25, 0.3) is 0 Å². The van der Waals surface area contributed by atoms with Crippen LogP contribution in [0.4, 0.5) is 4.39 Å². The molecule has 8 heteroatoms. The number of aromatic nitrogens is 3. The topological polar surface area (TPSA) is 67.1 Å². The summed E-state index contributed by atoms with van der Waals surface area (Å²) in [6, 6.07) is 6.71. The molecule has 1 aliphatic rings. The van der Waals surface area contributed by atoms with Crippen LogP contribution in [0.3, 0.4) is 0 Å². The van der Waals surface area contributed by atoms with Gasteiger partial charge in [0, 0.05) is 25.1 Å². The summed E-state index contributed by atoms with van der Waals surface area (Å²) in [5, 5.41) is 15.1. The number of hydrogen-bond acceptors (Lipinski definition) is 3. The van der Waals surface area contributed by atoms with Crippen molar-refractivity contribution in [3.63, 3.8) is 0 Å². The van der Waals surface area contributed by atoms with Gasteiger partial charge >= 0.3 is 0 Å². The van der Waals surface area contributed by atoms with Crippen LogP contribution in [0.15, 0.2) is 29.3 Å². The first-order chi connectivity index (χ1) is 12.3. The van der Waals surface area contributed by atoms with E-state index in [9.17, 15) is 4.39 Å². The summed E-state index contributed by atoms with van der Waals surface area (Å²) in [4.78, 5) is 4.47. The minimum Gasteiger partial charge on any atom is -0.357 e. The highest BCUT2D eigenvalue weighted by molar-refractivity contribution is 14.0. The Bertz CT molecular complexity index is 730. The van der Waals surface area contributed by atoms with E-state index in [0.717, 1.165) is 31.2 Å². The van der Waals surface area contributed by atoms with Crippen LogP contribution < -0.4 is 10.6 Å². The minimum atomic E-state index is -0.232. The van der Waals surface area contributed by atoms with E-state index < -0.39 is 0 Å². The summed E-state index contributed by atoms with van der Waals surface area (Å²) >= 11 is 0. The Morgan fingerprint density at radius 1 is 1.19 bits per heavy atom. The lowest BCUT2D eigenvalue weighted by atomic mass is 10.2. The molecule has 0 radical (unpaired) electrons. The standard InChI is InChI=1S/C18H25FN6.HI/c1-2-20-18(21-12-14-8-5-6-9-15(14)19)22-13-17-24-23-16-10-4-3-7-11-25(16)17;/h5-6,8-9H,2-4,7,10-13H2,1H3,(H2,20,21,22);1H. The molecule has 0 bridgehead atoms. The van der Waals surface area contributed by atoms with E-state index in [-0.39, 0.29) is 29.8 Å². The molecule has 0 saturated heterocycles. The van der Waals surface area contributed by atoms with Gasteiger partial charge in [-0.2, -0.15) is 0 Å². The summed E-state index contributed by atoms with van der Waals surface area (Å²) in [6.45, 7) is 4.56. The van der Waals surface area contributed by atoms with E-state index in [1.165, 1.54) is 25.3 Å². The van der Waals surface area contributed by atoms with Crippen LogP contribution in [-0.4, -0.2) is 27.3 Å². The summed E-state index contributed by atoms with van der Waals surface area (Å²) in [6.07, 6.45) is 4.58. The van der Waals surface area contributed by atoms with Gasteiger partial charge in [0.05, 0.1) is 13.1 Å². The van der Waals surface area contributed by atoms with E-state index >= 15 is 0 Å². The first kappa shape index (κ1) is 20.6. The summed E-state index contributed by atoms with van der Waals surface area (Å²) < 4.78 is 15.9. The highest BCUT2D eigenvalue weighted by atomic mass is 127. The molecule has 1 aromatic heterocycles. The molecule has 3 rings (SSSR count). The number of benzene rings is 1. The molecule has 1 aromatic carbocycles. The van der Waals surface area contributed by atoms with Crippen molar-refractivity contribution in [1.82, 2.24) is 25.4 Å². The highest BCUT2D eigenvalue weighted by Gasteiger charge is 2.14. The van der Waals surface area contributed by atoms with Crippen molar-refractivity contribution >= 4 is 29.9 Å². The van der Waals surface area contributed by atoms with Crippen molar-refractivity contribution < 1.29 is 4.39 Å². The second-order valence-electron chi connectivity index (χ2n) is 6.13.